The van der Waals surface area contributed by atoms with Crippen LogP contribution in [0.15, 0.2) is 54.6 Å². The standard InChI is InChI=1S/C19H22N2O3/c1-15(22)21(17-9-6-10-18(13-17)24-2)12-11-19(23)20-14-16-7-4-3-5-8-16/h3-10,13H,11-12,14H2,1-2H3,(H,20,23). The van der Waals surface area contributed by atoms with Crippen LogP contribution in [0.25, 0.3) is 0 Å². The summed E-state index contributed by atoms with van der Waals surface area (Å²) >= 11 is 0. The number of nitrogens with one attached hydrogen (secondary N) is 1. The molecular weight excluding hydrogens is 304 g/mol. The van der Waals surface area contributed by atoms with Crippen molar-refractivity contribution in [1.82, 2.24) is 5.32 Å². The molecule has 0 spiro atoms. The highest BCUT2D eigenvalue weighted by Gasteiger charge is 2.14. The van der Waals surface area contributed by atoms with Crippen LogP contribution in [0.3, 0.4) is 0 Å². The minimum Gasteiger partial charge on any atom is -0.497 e. The zero-order valence-electron chi connectivity index (χ0n) is 14.0. The van der Waals surface area contributed by atoms with Crippen LogP contribution in [0, 0.1) is 0 Å². The topological polar surface area (TPSA) is 58.6 Å². The molecule has 5 heteroatoms. The molecule has 0 aliphatic heterocycles. The molecule has 126 valence electrons. The SMILES string of the molecule is COc1cccc(N(CCC(=O)NCc2ccccc2)C(C)=O)c1. The van der Waals surface area contributed by atoms with Gasteiger partial charge in [-0.25, -0.2) is 0 Å². The van der Waals surface area contributed by atoms with Gasteiger partial charge in [-0.3, -0.25) is 9.59 Å². The van der Waals surface area contributed by atoms with E-state index in [1.165, 1.54) is 6.92 Å². The number of amides is 2. The maximum Gasteiger partial charge on any atom is 0.223 e. The molecule has 0 aliphatic carbocycles. The van der Waals surface area contributed by atoms with Crippen LogP contribution in [0.5, 0.6) is 5.75 Å². The second-order valence-corrected chi connectivity index (χ2v) is 5.38. The van der Waals surface area contributed by atoms with Crippen molar-refractivity contribution in [3.05, 3.63) is 60.2 Å². The summed E-state index contributed by atoms with van der Waals surface area (Å²) < 4.78 is 5.18. The predicted molar refractivity (Wildman–Crippen MR) is 93.9 cm³/mol. The van der Waals surface area contributed by atoms with Crippen LogP contribution in [-0.4, -0.2) is 25.5 Å². The molecule has 5 nitrogen and oxygen atoms in total. The molecule has 2 amide bonds. The Morgan fingerprint density at radius 3 is 2.50 bits per heavy atom. The monoisotopic (exact) mass is 326 g/mol. The van der Waals surface area contributed by atoms with Gasteiger partial charge in [0.25, 0.3) is 0 Å². The number of carbonyl (C=O) groups is 2. The third-order valence-electron chi connectivity index (χ3n) is 3.64. The summed E-state index contributed by atoms with van der Waals surface area (Å²) in [5.41, 5.74) is 1.76. The molecule has 2 aromatic carbocycles. The van der Waals surface area contributed by atoms with Gasteiger partial charge in [-0.15, -0.1) is 0 Å². The van der Waals surface area contributed by atoms with Crippen LogP contribution < -0.4 is 15.0 Å². The number of ether oxygens (including phenoxy) is 1. The molecule has 0 aliphatic rings. The van der Waals surface area contributed by atoms with Gasteiger partial charge >= 0.3 is 0 Å². The first-order chi connectivity index (χ1) is 11.6. The van der Waals surface area contributed by atoms with Gasteiger partial charge in [0.15, 0.2) is 0 Å². The molecule has 1 N–H and O–H groups in total. The van der Waals surface area contributed by atoms with Crippen LogP contribution in [-0.2, 0) is 16.1 Å². The highest BCUT2D eigenvalue weighted by atomic mass is 16.5. The number of methoxy groups -OCH3 is 1. The maximum atomic E-state index is 12.0. The number of anilines is 1. The molecule has 0 radical (unpaired) electrons. The molecule has 0 saturated carbocycles. The fourth-order valence-corrected chi connectivity index (χ4v) is 2.34. The van der Waals surface area contributed by atoms with Crippen LogP contribution in [0.2, 0.25) is 0 Å². The molecule has 0 saturated heterocycles. The summed E-state index contributed by atoms with van der Waals surface area (Å²) in [5.74, 6) is 0.472. The van der Waals surface area contributed by atoms with Gasteiger partial charge in [0.1, 0.15) is 5.75 Å². The molecule has 0 unspecified atom stereocenters. The Morgan fingerprint density at radius 1 is 1.08 bits per heavy atom. The zero-order valence-corrected chi connectivity index (χ0v) is 14.0. The Kier molecular flexibility index (Phi) is 6.37. The lowest BCUT2D eigenvalue weighted by Gasteiger charge is -2.21. The van der Waals surface area contributed by atoms with E-state index in [1.807, 2.05) is 48.5 Å². The van der Waals surface area contributed by atoms with Crippen LogP contribution in [0.1, 0.15) is 18.9 Å². The molecule has 0 bridgehead atoms. The van der Waals surface area contributed by atoms with Gasteiger partial charge < -0.3 is 15.0 Å². The quantitative estimate of drug-likeness (QED) is 0.851. The van der Waals surface area contributed by atoms with E-state index in [-0.39, 0.29) is 18.2 Å². The number of benzene rings is 2. The van der Waals surface area contributed by atoms with Crippen molar-refractivity contribution in [3.63, 3.8) is 0 Å². The first kappa shape index (κ1) is 17.5. The second-order valence-electron chi connectivity index (χ2n) is 5.38. The maximum absolute atomic E-state index is 12.0. The summed E-state index contributed by atoms with van der Waals surface area (Å²) in [6, 6.07) is 17.0. The van der Waals surface area contributed by atoms with Gasteiger partial charge in [-0.2, -0.15) is 0 Å². The highest BCUT2D eigenvalue weighted by molar-refractivity contribution is 5.92. The van der Waals surface area contributed by atoms with Crippen molar-refractivity contribution in [2.24, 2.45) is 0 Å². The van der Waals surface area contributed by atoms with E-state index in [0.717, 1.165) is 11.3 Å². The smallest absolute Gasteiger partial charge is 0.223 e. The molecule has 0 atom stereocenters. The molecular formula is C19H22N2O3. The van der Waals surface area contributed by atoms with E-state index in [4.69, 9.17) is 4.74 Å². The Morgan fingerprint density at radius 2 is 1.83 bits per heavy atom. The van der Waals surface area contributed by atoms with Crippen LogP contribution in [0.4, 0.5) is 5.69 Å². The zero-order chi connectivity index (χ0) is 17.4. The van der Waals surface area contributed by atoms with Gasteiger partial charge in [0.05, 0.1) is 7.11 Å². The molecule has 24 heavy (non-hydrogen) atoms. The summed E-state index contributed by atoms with van der Waals surface area (Å²) in [5, 5.41) is 2.87. The van der Waals surface area contributed by atoms with Crippen molar-refractivity contribution < 1.29 is 14.3 Å². The third kappa shape index (κ3) is 5.12. The highest BCUT2D eigenvalue weighted by Crippen LogP contribution is 2.21. The van der Waals surface area contributed by atoms with Gasteiger partial charge in [0, 0.05) is 38.2 Å². The number of rotatable bonds is 7. The number of nitrogens with zero attached hydrogens (tertiary/aromatic N) is 1. The summed E-state index contributed by atoms with van der Waals surface area (Å²) in [4.78, 5) is 25.5. The Balaban J connectivity index is 1.91. The molecule has 0 aromatic heterocycles. The van der Waals surface area contributed by atoms with E-state index < -0.39 is 0 Å². The van der Waals surface area contributed by atoms with Gasteiger partial charge in [0.2, 0.25) is 11.8 Å². The fraction of sp³-hybridized carbons (Fsp3) is 0.263. The van der Waals surface area contributed by atoms with E-state index in [1.54, 1.807) is 18.1 Å². The average molecular weight is 326 g/mol. The fourth-order valence-electron chi connectivity index (χ4n) is 2.34. The number of carbonyl (C=O) groups excluding carboxylic acids is 2. The van der Waals surface area contributed by atoms with Crippen molar-refractivity contribution in [3.8, 4) is 5.75 Å². The number of hydrogen-bond donors (Lipinski definition) is 1. The second kappa shape index (κ2) is 8.72. The summed E-state index contributed by atoms with van der Waals surface area (Å²) in [6.45, 7) is 2.30. The summed E-state index contributed by atoms with van der Waals surface area (Å²) in [6.07, 6.45) is 0.240. The van der Waals surface area contributed by atoms with E-state index >= 15 is 0 Å². The lowest BCUT2D eigenvalue weighted by atomic mass is 10.2. The number of hydrogen-bond acceptors (Lipinski definition) is 3. The minimum atomic E-state index is -0.112. The first-order valence-electron chi connectivity index (χ1n) is 7.83. The minimum absolute atomic E-state index is 0.0898. The molecule has 2 aromatic rings. The molecule has 0 fully saturated rings. The molecule has 0 heterocycles. The van der Waals surface area contributed by atoms with Crippen molar-refractivity contribution in [1.29, 1.82) is 0 Å². The Hall–Kier alpha value is -2.82. The average Bonchev–Trinajstić information content (AvgIpc) is 2.61. The van der Waals surface area contributed by atoms with Gasteiger partial charge in [-0.05, 0) is 17.7 Å². The Bertz CT molecular complexity index is 686. The molecule has 2 rings (SSSR count). The van der Waals surface area contributed by atoms with Gasteiger partial charge in [-0.1, -0.05) is 36.4 Å². The third-order valence-corrected chi connectivity index (χ3v) is 3.64. The summed E-state index contributed by atoms with van der Waals surface area (Å²) in [7, 11) is 1.58. The van der Waals surface area contributed by atoms with Crippen LogP contribution >= 0.6 is 0 Å². The normalized spacial score (nSPS) is 10.1. The van der Waals surface area contributed by atoms with Crippen molar-refractivity contribution in [2.75, 3.05) is 18.6 Å². The first-order valence-corrected chi connectivity index (χ1v) is 7.83. The Labute approximate surface area is 142 Å². The lowest BCUT2D eigenvalue weighted by Crippen LogP contribution is -2.33. The largest absolute Gasteiger partial charge is 0.497 e. The lowest BCUT2D eigenvalue weighted by molar-refractivity contribution is -0.121. The van der Waals surface area contributed by atoms with Crippen molar-refractivity contribution in [2.45, 2.75) is 19.9 Å². The van der Waals surface area contributed by atoms with E-state index in [0.29, 0.717) is 18.8 Å². The van der Waals surface area contributed by atoms with E-state index in [9.17, 15) is 9.59 Å². The van der Waals surface area contributed by atoms with Crippen molar-refractivity contribution >= 4 is 17.5 Å². The van der Waals surface area contributed by atoms with E-state index in [2.05, 4.69) is 5.32 Å². The predicted octanol–water partition coefficient (Wildman–Crippen LogP) is 2.75.